The van der Waals surface area contributed by atoms with Gasteiger partial charge in [0.2, 0.25) is 0 Å². The quantitative estimate of drug-likeness (QED) is 0.610. The molecule has 0 radical (unpaired) electrons. The van der Waals surface area contributed by atoms with Gasteiger partial charge in [-0.3, -0.25) is 4.90 Å². The van der Waals surface area contributed by atoms with E-state index >= 15 is 0 Å². The van der Waals surface area contributed by atoms with E-state index in [9.17, 15) is 0 Å². The lowest BCUT2D eigenvalue weighted by Gasteiger charge is -2.43. The molecule has 0 bridgehead atoms. The third kappa shape index (κ3) is 1.32. The molecule has 0 spiro atoms. The van der Waals surface area contributed by atoms with E-state index in [0.29, 0.717) is 12.1 Å². The van der Waals surface area contributed by atoms with Gasteiger partial charge in [-0.25, -0.2) is 0 Å². The Balaban J connectivity index is 2.34. The van der Waals surface area contributed by atoms with Crippen molar-refractivity contribution >= 4 is 0 Å². The summed E-state index contributed by atoms with van der Waals surface area (Å²) in [4.78, 5) is 2.43. The van der Waals surface area contributed by atoms with Crippen molar-refractivity contribution in [3.05, 3.63) is 0 Å². The van der Waals surface area contributed by atoms with Gasteiger partial charge in [-0.2, -0.15) is 0 Å². The highest BCUT2D eigenvalue weighted by Gasteiger charge is 2.30. The lowest BCUT2D eigenvalue weighted by molar-refractivity contribution is 0.103. The van der Waals surface area contributed by atoms with Gasteiger partial charge in [0.1, 0.15) is 0 Å². The molecule has 0 aliphatic carbocycles. The number of hydrogen-bond acceptors (Lipinski definition) is 2. The summed E-state index contributed by atoms with van der Waals surface area (Å²) in [6, 6.07) is 2.13. The fourth-order valence-electron chi connectivity index (χ4n) is 1.34. The molecular formula is C8H18N2. The monoisotopic (exact) mass is 142 g/mol. The highest BCUT2D eigenvalue weighted by molar-refractivity contribution is 4.92. The number of rotatable bonds is 2. The Kier molecular flexibility index (Phi) is 2.32. The summed E-state index contributed by atoms with van der Waals surface area (Å²) in [6.45, 7) is 7.89. The standard InChI is InChI=1S/C8H18N2/c1-6(2)10(4)8-5-9-7(8)3/h6-9H,5H2,1-4H3/t7-,8+/m0/s1. The van der Waals surface area contributed by atoms with Crippen LogP contribution in [0.1, 0.15) is 20.8 Å². The van der Waals surface area contributed by atoms with Gasteiger partial charge in [0, 0.05) is 24.7 Å². The first kappa shape index (κ1) is 8.02. The lowest BCUT2D eigenvalue weighted by atomic mass is 10.00. The molecule has 60 valence electrons. The van der Waals surface area contributed by atoms with Crippen LogP contribution in [0.25, 0.3) is 0 Å². The molecule has 1 aliphatic rings. The second kappa shape index (κ2) is 2.89. The molecule has 10 heavy (non-hydrogen) atoms. The van der Waals surface area contributed by atoms with Crippen LogP contribution in [0, 0.1) is 0 Å². The van der Waals surface area contributed by atoms with Crippen molar-refractivity contribution in [3.63, 3.8) is 0 Å². The molecule has 1 N–H and O–H groups in total. The smallest absolute Gasteiger partial charge is 0.0371 e. The number of hydrogen-bond donors (Lipinski definition) is 1. The molecule has 1 fully saturated rings. The Morgan fingerprint density at radius 2 is 2.10 bits per heavy atom. The highest BCUT2D eigenvalue weighted by Crippen LogP contribution is 2.12. The topological polar surface area (TPSA) is 15.3 Å². The summed E-state index contributed by atoms with van der Waals surface area (Å²) in [5.41, 5.74) is 0. The summed E-state index contributed by atoms with van der Waals surface area (Å²) < 4.78 is 0. The second-order valence-corrected chi connectivity index (χ2v) is 3.52. The first-order valence-corrected chi connectivity index (χ1v) is 4.08. The maximum Gasteiger partial charge on any atom is 0.0371 e. The second-order valence-electron chi connectivity index (χ2n) is 3.52. The lowest BCUT2D eigenvalue weighted by Crippen LogP contribution is -2.63. The average molecular weight is 142 g/mol. The summed E-state index contributed by atoms with van der Waals surface area (Å²) in [7, 11) is 2.20. The van der Waals surface area contributed by atoms with Crippen LogP contribution in [0.3, 0.4) is 0 Å². The Morgan fingerprint density at radius 1 is 1.50 bits per heavy atom. The Hall–Kier alpha value is -0.0800. The third-order valence-electron chi connectivity index (χ3n) is 2.56. The van der Waals surface area contributed by atoms with Crippen molar-refractivity contribution < 1.29 is 0 Å². The van der Waals surface area contributed by atoms with Crippen molar-refractivity contribution in [2.45, 2.75) is 38.9 Å². The van der Waals surface area contributed by atoms with E-state index in [1.165, 1.54) is 0 Å². The van der Waals surface area contributed by atoms with Gasteiger partial charge < -0.3 is 5.32 Å². The average Bonchev–Trinajstić information content (AvgIpc) is 1.84. The van der Waals surface area contributed by atoms with Gasteiger partial charge in [0.05, 0.1) is 0 Å². The predicted molar refractivity (Wildman–Crippen MR) is 44.2 cm³/mol. The van der Waals surface area contributed by atoms with E-state index in [4.69, 9.17) is 0 Å². The molecule has 0 aromatic rings. The molecule has 2 nitrogen and oxygen atoms in total. The number of nitrogens with one attached hydrogen (secondary N) is 1. The van der Waals surface area contributed by atoms with Crippen molar-refractivity contribution in [1.29, 1.82) is 0 Å². The zero-order chi connectivity index (χ0) is 7.72. The molecule has 2 heteroatoms. The molecule has 0 unspecified atom stereocenters. The zero-order valence-corrected chi connectivity index (χ0v) is 7.39. The van der Waals surface area contributed by atoms with Crippen LogP contribution in [-0.2, 0) is 0 Å². The normalized spacial score (nSPS) is 33.0. The largest absolute Gasteiger partial charge is 0.311 e. The van der Waals surface area contributed by atoms with E-state index < -0.39 is 0 Å². The molecular weight excluding hydrogens is 124 g/mol. The predicted octanol–water partition coefficient (Wildman–Crippen LogP) is 0.687. The van der Waals surface area contributed by atoms with Gasteiger partial charge in [-0.15, -0.1) is 0 Å². The minimum atomic E-state index is 0.676. The summed E-state index contributed by atoms with van der Waals surface area (Å²) in [5.74, 6) is 0. The minimum Gasteiger partial charge on any atom is -0.311 e. The van der Waals surface area contributed by atoms with Gasteiger partial charge >= 0.3 is 0 Å². The third-order valence-corrected chi connectivity index (χ3v) is 2.56. The van der Waals surface area contributed by atoms with Crippen molar-refractivity contribution in [3.8, 4) is 0 Å². The zero-order valence-electron chi connectivity index (χ0n) is 7.39. The fourth-order valence-corrected chi connectivity index (χ4v) is 1.34. The van der Waals surface area contributed by atoms with E-state index in [2.05, 4.69) is 38.0 Å². The molecule has 1 aliphatic heterocycles. The van der Waals surface area contributed by atoms with Crippen molar-refractivity contribution in [1.82, 2.24) is 10.2 Å². The van der Waals surface area contributed by atoms with Crippen LogP contribution in [-0.4, -0.2) is 36.6 Å². The number of nitrogens with zero attached hydrogens (tertiary/aromatic N) is 1. The Morgan fingerprint density at radius 3 is 2.20 bits per heavy atom. The van der Waals surface area contributed by atoms with Crippen LogP contribution >= 0.6 is 0 Å². The maximum atomic E-state index is 3.35. The van der Waals surface area contributed by atoms with E-state index in [0.717, 1.165) is 12.6 Å². The van der Waals surface area contributed by atoms with Crippen LogP contribution < -0.4 is 5.32 Å². The fraction of sp³-hybridized carbons (Fsp3) is 1.00. The molecule has 0 saturated carbocycles. The first-order chi connectivity index (χ1) is 4.63. The van der Waals surface area contributed by atoms with Crippen LogP contribution in [0.4, 0.5) is 0 Å². The van der Waals surface area contributed by atoms with Gasteiger partial charge in [-0.1, -0.05) is 0 Å². The van der Waals surface area contributed by atoms with E-state index in [1.807, 2.05) is 0 Å². The molecule has 1 saturated heterocycles. The number of likely N-dealkylation sites (N-methyl/N-ethyl adjacent to an activating group) is 1. The Labute approximate surface area is 63.6 Å². The van der Waals surface area contributed by atoms with Crippen LogP contribution in [0.5, 0.6) is 0 Å². The summed E-state index contributed by atoms with van der Waals surface area (Å²) in [5, 5.41) is 3.35. The molecule has 0 amide bonds. The maximum absolute atomic E-state index is 3.35. The molecule has 1 heterocycles. The highest BCUT2D eigenvalue weighted by atomic mass is 15.2. The van der Waals surface area contributed by atoms with Crippen molar-refractivity contribution in [2.24, 2.45) is 0 Å². The molecule has 1 rings (SSSR count). The van der Waals surface area contributed by atoms with E-state index in [-0.39, 0.29) is 0 Å². The first-order valence-electron chi connectivity index (χ1n) is 4.08. The molecule has 0 aromatic heterocycles. The molecule has 2 atom stereocenters. The summed E-state index contributed by atoms with van der Waals surface area (Å²) >= 11 is 0. The van der Waals surface area contributed by atoms with E-state index in [1.54, 1.807) is 0 Å². The SMILES string of the molecule is CC(C)N(C)[C@@H]1CN[C@H]1C. The van der Waals surface area contributed by atoms with Crippen molar-refractivity contribution in [2.75, 3.05) is 13.6 Å². The summed E-state index contributed by atoms with van der Waals surface area (Å²) in [6.07, 6.45) is 0. The van der Waals surface area contributed by atoms with Crippen LogP contribution in [0.15, 0.2) is 0 Å². The molecule has 0 aromatic carbocycles. The Bertz CT molecular complexity index is 107. The van der Waals surface area contributed by atoms with Gasteiger partial charge in [0.25, 0.3) is 0 Å². The van der Waals surface area contributed by atoms with Gasteiger partial charge in [0.15, 0.2) is 0 Å². The minimum absolute atomic E-state index is 0.676. The van der Waals surface area contributed by atoms with Gasteiger partial charge in [-0.05, 0) is 27.8 Å². The van der Waals surface area contributed by atoms with Crippen LogP contribution in [0.2, 0.25) is 0 Å².